The van der Waals surface area contributed by atoms with E-state index in [9.17, 15) is 14.0 Å². The van der Waals surface area contributed by atoms with Gasteiger partial charge in [0.15, 0.2) is 0 Å². The molecule has 2 amide bonds. The van der Waals surface area contributed by atoms with E-state index in [1.54, 1.807) is 47.2 Å². The summed E-state index contributed by atoms with van der Waals surface area (Å²) >= 11 is 0. The molecule has 1 aromatic heterocycles. The van der Waals surface area contributed by atoms with Crippen molar-refractivity contribution in [3.05, 3.63) is 59.7 Å². The number of halogens is 1. The fourth-order valence-electron chi connectivity index (χ4n) is 3.61. The number of amides is 2. The van der Waals surface area contributed by atoms with Crippen LogP contribution in [-0.2, 0) is 4.74 Å². The van der Waals surface area contributed by atoms with Crippen molar-refractivity contribution in [3.63, 3.8) is 0 Å². The van der Waals surface area contributed by atoms with E-state index < -0.39 is 5.60 Å². The largest absolute Gasteiger partial charge is 0.444 e. The number of aromatic nitrogens is 1. The number of anilines is 1. The molecule has 3 rings (SSSR count). The standard InChI is InChI=1S/C23H28FN3O3/c1-16-15-17(24)8-9-20(16)27(21(28)19-7-5-6-12-25-19)18-10-13-26(14-11-18)22(29)30-23(2,3)4/h5-9,12,15,18H,10-11,13-14H2,1-4H3. The highest BCUT2D eigenvalue weighted by atomic mass is 19.1. The predicted molar refractivity (Wildman–Crippen MR) is 113 cm³/mol. The second-order valence-electron chi connectivity index (χ2n) is 8.52. The Labute approximate surface area is 176 Å². The van der Waals surface area contributed by atoms with Crippen LogP contribution in [0.1, 0.15) is 49.7 Å². The van der Waals surface area contributed by atoms with Crippen LogP contribution in [0.5, 0.6) is 0 Å². The second kappa shape index (κ2) is 8.81. The van der Waals surface area contributed by atoms with Crippen molar-refractivity contribution < 1.29 is 18.7 Å². The number of aryl methyl sites for hydroxylation is 1. The molecule has 1 aliphatic rings. The summed E-state index contributed by atoms with van der Waals surface area (Å²) in [5.74, 6) is -0.581. The van der Waals surface area contributed by atoms with E-state index >= 15 is 0 Å². The Hall–Kier alpha value is -2.96. The van der Waals surface area contributed by atoms with E-state index in [1.165, 1.54) is 12.1 Å². The molecule has 2 heterocycles. The predicted octanol–water partition coefficient (Wildman–Crippen LogP) is 4.58. The van der Waals surface area contributed by atoms with Crippen LogP contribution < -0.4 is 4.90 Å². The summed E-state index contributed by atoms with van der Waals surface area (Å²) in [6.45, 7) is 8.25. The maximum absolute atomic E-state index is 13.7. The minimum Gasteiger partial charge on any atom is -0.444 e. The molecule has 1 aliphatic heterocycles. The lowest BCUT2D eigenvalue weighted by molar-refractivity contribution is 0.0205. The van der Waals surface area contributed by atoms with Crippen LogP contribution in [0.25, 0.3) is 0 Å². The molecule has 7 heteroatoms. The monoisotopic (exact) mass is 413 g/mol. The van der Waals surface area contributed by atoms with E-state index in [4.69, 9.17) is 4.74 Å². The lowest BCUT2D eigenvalue weighted by atomic mass is 10.0. The molecule has 0 bridgehead atoms. The van der Waals surface area contributed by atoms with Gasteiger partial charge in [0.2, 0.25) is 0 Å². The molecule has 0 unspecified atom stereocenters. The number of pyridine rings is 1. The normalized spacial score (nSPS) is 15.0. The smallest absolute Gasteiger partial charge is 0.410 e. The molecule has 0 spiro atoms. The van der Waals surface area contributed by atoms with Crippen LogP contribution in [0.15, 0.2) is 42.6 Å². The maximum Gasteiger partial charge on any atom is 0.410 e. The number of rotatable bonds is 3. The Kier molecular flexibility index (Phi) is 6.39. The summed E-state index contributed by atoms with van der Waals surface area (Å²) in [5.41, 5.74) is 1.10. The number of likely N-dealkylation sites (tertiary alicyclic amines) is 1. The van der Waals surface area contributed by atoms with Gasteiger partial charge in [-0.1, -0.05) is 6.07 Å². The third kappa shape index (κ3) is 5.14. The van der Waals surface area contributed by atoms with Crippen molar-refractivity contribution in [3.8, 4) is 0 Å². The van der Waals surface area contributed by atoms with Gasteiger partial charge in [-0.05, 0) is 76.4 Å². The fourth-order valence-corrected chi connectivity index (χ4v) is 3.61. The third-order valence-corrected chi connectivity index (χ3v) is 5.00. The van der Waals surface area contributed by atoms with Gasteiger partial charge in [-0.15, -0.1) is 0 Å². The molecule has 160 valence electrons. The molecule has 1 aromatic carbocycles. The molecule has 1 fully saturated rings. The minimum absolute atomic E-state index is 0.137. The van der Waals surface area contributed by atoms with E-state index in [-0.39, 0.29) is 23.9 Å². The minimum atomic E-state index is -0.555. The Morgan fingerprint density at radius 2 is 1.87 bits per heavy atom. The zero-order valence-corrected chi connectivity index (χ0v) is 17.9. The van der Waals surface area contributed by atoms with Crippen molar-refractivity contribution in [2.45, 2.75) is 52.2 Å². The molecule has 2 aromatic rings. The molecular weight excluding hydrogens is 385 g/mol. The molecule has 0 atom stereocenters. The van der Waals surface area contributed by atoms with Crippen LogP contribution in [0.2, 0.25) is 0 Å². The molecule has 0 aliphatic carbocycles. The molecular formula is C23H28FN3O3. The van der Waals surface area contributed by atoms with Gasteiger partial charge in [-0.2, -0.15) is 0 Å². The summed E-state index contributed by atoms with van der Waals surface area (Å²) in [5, 5.41) is 0. The highest BCUT2D eigenvalue weighted by Crippen LogP contribution is 2.29. The quantitative estimate of drug-likeness (QED) is 0.739. The Morgan fingerprint density at radius 1 is 1.17 bits per heavy atom. The van der Waals surface area contributed by atoms with Gasteiger partial charge in [0.1, 0.15) is 17.1 Å². The van der Waals surface area contributed by atoms with Gasteiger partial charge in [0.25, 0.3) is 5.91 Å². The highest BCUT2D eigenvalue weighted by molar-refractivity contribution is 6.05. The van der Waals surface area contributed by atoms with Crippen LogP contribution in [0.4, 0.5) is 14.9 Å². The van der Waals surface area contributed by atoms with Gasteiger partial charge >= 0.3 is 6.09 Å². The van der Waals surface area contributed by atoms with Crippen molar-refractivity contribution in [1.29, 1.82) is 0 Å². The van der Waals surface area contributed by atoms with Crippen LogP contribution in [0, 0.1) is 12.7 Å². The molecule has 30 heavy (non-hydrogen) atoms. The van der Waals surface area contributed by atoms with Crippen LogP contribution >= 0.6 is 0 Å². The lowest BCUT2D eigenvalue weighted by Crippen LogP contribution is -2.50. The van der Waals surface area contributed by atoms with Gasteiger partial charge in [0, 0.05) is 31.0 Å². The molecule has 0 saturated carbocycles. The van der Waals surface area contributed by atoms with Crippen molar-refractivity contribution in [1.82, 2.24) is 9.88 Å². The van der Waals surface area contributed by atoms with Gasteiger partial charge in [-0.3, -0.25) is 9.78 Å². The first kappa shape index (κ1) is 21.7. The highest BCUT2D eigenvalue weighted by Gasteiger charge is 2.33. The van der Waals surface area contributed by atoms with E-state index in [0.29, 0.717) is 42.9 Å². The maximum atomic E-state index is 13.7. The van der Waals surface area contributed by atoms with Crippen molar-refractivity contribution in [2.24, 2.45) is 0 Å². The van der Waals surface area contributed by atoms with Crippen molar-refractivity contribution in [2.75, 3.05) is 18.0 Å². The number of piperidine rings is 1. The first-order valence-electron chi connectivity index (χ1n) is 10.1. The number of carbonyl (C=O) groups is 2. The Morgan fingerprint density at radius 3 is 2.43 bits per heavy atom. The number of carbonyl (C=O) groups excluding carboxylic acids is 2. The number of benzene rings is 1. The van der Waals surface area contributed by atoms with E-state index in [2.05, 4.69) is 4.98 Å². The summed E-state index contributed by atoms with van der Waals surface area (Å²) in [6, 6.07) is 9.46. The van der Waals surface area contributed by atoms with Gasteiger partial charge in [-0.25, -0.2) is 9.18 Å². The third-order valence-electron chi connectivity index (χ3n) is 5.00. The first-order valence-corrected chi connectivity index (χ1v) is 10.1. The lowest BCUT2D eigenvalue weighted by Gasteiger charge is -2.39. The topological polar surface area (TPSA) is 62.7 Å². The second-order valence-corrected chi connectivity index (χ2v) is 8.52. The number of nitrogens with zero attached hydrogens (tertiary/aromatic N) is 3. The fraction of sp³-hybridized carbons (Fsp3) is 0.435. The average molecular weight is 413 g/mol. The molecule has 0 N–H and O–H groups in total. The van der Waals surface area contributed by atoms with E-state index in [1.807, 2.05) is 20.8 Å². The summed E-state index contributed by atoms with van der Waals surface area (Å²) < 4.78 is 19.1. The van der Waals surface area contributed by atoms with Crippen LogP contribution in [0.3, 0.4) is 0 Å². The SMILES string of the molecule is Cc1cc(F)ccc1N(C(=O)c1ccccn1)C1CCN(C(=O)OC(C)(C)C)CC1. The molecule has 0 radical (unpaired) electrons. The summed E-state index contributed by atoms with van der Waals surface area (Å²) in [4.78, 5) is 33.3. The Bertz CT molecular complexity index is 904. The summed E-state index contributed by atoms with van der Waals surface area (Å²) in [7, 11) is 0. The zero-order valence-electron chi connectivity index (χ0n) is 17.9. The van der Waals surface area contributed by atoms with Gasteiger partial charge in [0.05, 0.1) is 0 Å². The molecule has 1 saturated heterocycles. The van der Waals surface area contributed by atoms with Crippen molar-refractivity contribution >= 4 is 17.7 Å². The summed E-state index contributed by atoms with van der Waals surface area (Å²) in [6.07, 6.45) is 2.42. The average Bonchev–Trinajstić information content (AvgIpc) is 2.69. The first-order chi connectivity index (χ1) is 14.2. The zero-order chi connectivity index (χ0) is 21.9. The number of ether oxygens (including phenoxy) is 1. The number of hydrogen-bond acceptors (Lipinski definition) is 4. The van der Waals surface area contributed by atoms with Crippen LogP contribution in [-0.4, -0.2) is 46.6 Å². The number of hydrogen-bond donors (Lipinski definition) is 0. The van der Waals surface area contributed by atoms with E-state index in [0.717, 1.165) is 0 Å². The molecule has 6 nitrogen and oxygen atoms in total. The van der Waals surface area contributed by atoms with Gasteiger partial charge < -0.3 is 14.5 Å². The Balaban J connectivity index is 1.83.